The van der Waals surface area contributed by atoms with Gasteiger partial charge in [0.05, 0.1) is 24.2 Å². The molecule has 12 heteroatoms. The summed E-state index contributed by atoms with van der Waals surface area (Å²) in [5, 5.41) is 25.8. The third-order valence-corrected chi connectivity index (χ3v) is 8.65. The van der Waals surface area contributed by atoms with E-state index in [0.29, 0.717) is 34.8 Å². The van der Waals surface area contributed by atoms with E-state index in [9.17, 15) is 18.3 Å². The van der Waals surface area contributed by atoms with Crippen LogP contribution in [0.5, 0.6) is 11.5 Å². The van der Waals surface area contributed by atoms with Crippen molar-refractivity contribution in [1.82, 2.24) is 4.90 Å². The Bertz CT molecular complexity index is 1430. The Morgan fingerprint density at radius 1 is 1.18 bits per heavy atom. The summed E-state index contributed by atoms with van der Waals surface area (Å²) in [6.45, 7) is 4.94. The predicted octanol–water partition coefficient (Wildman–Crippen LogP) is 2.85. The maximum Gasteiger partial charge on any atom is 0.323 e. The standard InChI is InChI=1S/C28H35N5O6S/c1-3-38-27(35)17-40(36,37)33-22(6-4-19-14-20(28(30)31)5-9-26(19)34)15-21-16-24(7-8-25(21)33)39-23-10-12-32(13-11-23)18(2)29/h4-9,14,16,22-23,29,34H,3,10-13,15,17H2,1-2H3,(H3,30,31)/b6-4+,29-18?. The minimum absolute atomic E-state index is 0.00840. The Kier molecular flexibility index (Phi) is 8.67. The highest BCUT2D eigenvalue weighted by molar-refractivity contribution is 7.93. The van der Waals surface area contributed by atoms with Crippen LogP contribution in [0.1, 0.15) is 43.4 Å². The van der Waals surface area contributed by atoms with Crippen molar-refractivity contribution in [1.29, 1.82) is 10.8 Å². The van der Waals surface area contributed by atoms with Gasteiger partial charge >= 0.3 is 5.97 Å². The molecule has 2 aliphatic rings. The van der Waals surface area contributed by atoms with E-state index in [1.165, 1.54) is 16.4 Å². The number of nitrogens with two attached hydrogens (primary N) is 1. The molecule has 0 saturated carbocycles. The van der Waals surface area contributed by atoms with E-state index in [1.54, 1.807) is 44.2 Å². The van der Waals surface area contributed by atoms with Crippen LogP contribution in [0.4, 0.5) is 5.69 Å². The van der Waals surface area contributed by atoms with E-state index in [2.05, 4.69) is 0 Å². The fourth-order valence-electron chi connectivity index (χ4n) is 5.00. The number of hydrogen-bond acceptors (Lipinski definition) is 8. The van der Waals surface area contributed by atoms with E-state index in [-0.39, 0.29) is 24.3 Å². The van der Waals surface area contributed by atoms with Crippen LogP contribution in [-0.2, 0) is 26.0 Å². The molecule has 2 aromatic rings. The molecule has 2 heterocycles. The third kappa shape index (κ3) is 6.56. The highest BCUT2D eigenvalue weighted by Gasteiger charge is 2.38. The first kappa shape index (κ1) is 28.9. The average molecular weight is 570 g/mol. The summed E-state index contributed by atoms with van der Waals surface area (Å²) in [5.74, 6) is -0.676. The molecular weight excluding hydrogens is 534 g/mol. The van der Waals surface area contributed by atoms with Gasteiger partial charge in [0.2, 0.25) is 10.0 Å². The molecule has 5 N–H and O–H groups in total. The number of anilines is 1. The quantitative estimate of drug-likeness (QED) is 0.203. The second-order valence-electron chi connectivity index (χ2n) is 9.86. The number of ether oxygens (including phenoxy) is 2. The number of piperidine rings is 1. The lowest BCUT2D eigenvalue weighted by Gasteiger charge is -2.32. The van der Waals surface area contributed by atoms with Gasteiger partial charge in [0.1, 0.15) is 23.4 Å². The number of esters is 1. The molecule has 0 radical (unpaired) electrons. The molecule has 1 fully saturated rings. The second kappa shape index (κ2) is 12.0. The summed E-state index contributed by atoms with van der Waals surface area (Å²) in [5.41, 5.74) is 7.57. The third-order valence-electron chi connectivity index (χ3n) is 6.98. The number of hydrogen-bond donors (Lipinski definition) is 4. The van der Waals surface area contributed by atoms with Crippen LogP contribution in [0, 0.1) is 10.8 Å². The van der Waals surface area contributed by atoms with Crippen LogP contribution in [0.3, 0.4) is 0 Å². The smallest absolute Gasteiger partial charge is 0.323 e. The summed E-state index contributed by atoms with van der Waals surface area (Å²) < 4.78 is 39.2. The molecule has 1 saturated heterocycles. The number of rotatable bonds is 9. The number of nitrogens with one attached hydrogen (secondary N) is 2. The Morgan fingerprint density at radius 2 is 1.90 bits per heavy atom. The topological polar surface area (TPSA) is 170 Å². The first-order valence-corrected chi connectivity index (χ1v) is 14.7. The summed E-state index contributed by atoms with van der Waals surface area (Å²) in [4.78, 5) is 14.2. The number of carbonyl (C=O) groups is 1. The molecule has 2 aliphatic heterocycles. The number of fused-ring (bicyclic) bond motifs is 1. The number of phenols is 1. The van der Waals surface area contributed by atoms with E-state index in [1.807, 2.05) is 11.0 Å². The van der Waals surface area contributed by atoms with Crippen molar-refractivity contribution in [3.63, 3.8) is 0 Å². The molecule has 0 aliphatic carbocycles. The van der Waals surface area contributed by atoms with Gasteiger partial charge in [-0.2, -0.15) is 0 Å². The van der Waals surface area contributed by atoms with Crippen LogP contribution in [0.15, 0.2) is 42.5 Å². The Balaban J connectivity index is 1.61. The molecular formula is C28H35N5O6S. The normalized spacial score (nSPS) is 17.6. The summed E-state index contributed by atoms with van der Waals surface area (Å²) in [6.07, 6.45) is 5.11. The zero-order valence-corrected chi connectivity index (χ0v) is 23.4. The number of aromatic hydroxyl groups is 1. The number of amidine groups is 2. The lowest BCUT2D eigenvalue weighted by molar-refractivity contribution is -0.139. The van der Waals surface area contributed by atoms with E-state index < -0.39 is 27.8 Å². The Morgan fingerprint density at radius 3 is 2.55 bits per heavy atom. The van der Waals surface area contributed by atoms with Crippen LogP contribution in [0.25, 0.3) is 6.08 Å². The van der Waals surface area contributed by atoms with Crippen molar-refractivity contribution in [2.45, 2.75) is 45.3 Å². The van der Waals surface area contributed by atoms with Gasteiger partial charge in [0, 0.05) is 37.1 Å². The monoisotopic (exact) mass is 569 g/mol. The number of benzene rings is 2. The maximum absolute atomic E-state index is 13.4. The van der Waals surface area contributed by atoms with E-state index in [4.69, 9.17) is 26.0 Å². The Labute approximate surface area is 234 Å². The van der Waals surface area contributed by atoms with Gasteiger partial charge in [-0.1, -0.05) is 12.2 Å². The van der Waals surface area contributed by atoms with E-state index >= 15 is 0 Å². The lowest BCUT2D eigenvalue weighted by atomic mass is 10.1. The van der Waals surface area contributed by atoms with Crippen molar-refractivity contribution in [2.24, 2.45) is 5.73 Å². The number of carbonyl (C=O) groups excluding carboxylic acids is 1. The molecule has 11 nitrogen and oxygen atoms in total. The van der Waals surface area contributed by atoms with Crippen LogP contribution < -0.4 is 14.8 Å². The fourth-order valence-corrected chi connectivity index (χ4v) is 6.55. The highest BCUT2D eigenvalue weighted by Crippen LogP contribution is 2.38. The SMILES string of the molecule is CCOC(=O)CS(=O)(=O)N1c2ccc(OC3CCN(C(C)=N)CC3)cc2CC1/C=C/c1cc(C(=N)N)ccc1O. The van der Waals surface area contributed by atoms with Crippen molar-refractivity contribution in [3.05, 3.63) is 59.2 Å². The molecule has 40 heavy (non-hydrogen) atoms. The van der Waals surface area contributed by atoms with Crippen LogP contribution >= 0.6 is 0 Å². The largest absolute Gasteiger partial charge is 0.507 e. The molecule has 0 spiro atoms. The van der Waals surface area contributed by atoms with Crippen molar-refractivity contribution in [3.8, 4) is 11.5 Å². The minimum Gasteiger partial charge on any atom is -0.507 e. The molecule has 0 bridgehead atoms. The second-order valence-corrected chi connectivity index (χ2v) is 11.7. The summed E-state index contributed by atoms with van der Waals surface area (Å²) in [6, 6.07) is 9.06. The zero-order chi connectivity index (χ0) is 29.0. The number of nitrogens with zero attached hydrogens (tertiary/aromatic N) is 2. The van der Waals surface area contributed by atoms with Crippen molar-refractivity contribution >= 4 is 39.4 Å². The number of likely N-dealkylation sites (tertiary alicyclic amines) is 1. The number of sulfonamides is 1. The van der Waals surface area contributed by atoms with Gasteiger partial charge in [0.25, 0.3) is 0 Å². The summed E-state index contributed by atoms with van der Waals surface area (Å²) in [7, 11) is -4.11. The van der Waals surface area contributed by atoms with Crippen LogP contribution in [0.2, 0.25) is 0 Å². The van der Waals surface area contributed by atoms with Gasteiger partial charge in [-0.25, -0.2) is 8.42 Å². The molecule has 0 amide bonds. The predicted molar refractivity (Wildman–Crippen MR) is 154 cm³/mol. The average Bonchev–Trinajstić information content (AvgIpc) is 3.27. The Hall–Kier alpha value is -4.06. The molecule has 2 aromatic carbocycles. The van der Waals surface area contributed by atoms with Gasteiger partial charge in [-0.15, -0.1) is 0 Å². The van der Waals surface area contributed by atoms with Gasteiger partial charge in [-0.05, 0) is 62.2 Å². The van der Waals surface area contributed by atoms with Crippen molar-refractivity contribution < 1.29 is 27.8 Å². The minimum atomic E-state index is -4.11. The maximum atomic E-state index is 13.4. The molecule has 1 unspecified atom stereocenters. The molecule has 4 rings (SSSR count). The van der Waals surface area contributed by atoms with Gasteiger partial charge in [-0.3, -0.25) is 19.9 Å². The first-order valence-electron chi connectivity index (χ1n) is 13.1. The first-order chi connectivity index (χ1) is 19.0. The zero-order valence-electron chi connectivity index (χ0n) is 22.6. The molecule has 0 aromatic heterocycles. The van der Waals surface area contributed by atoms with Crippen LogP contribution in [-0.4, -0.2) is 73.7 Å². The van der Waals surface area contributed by atoms with Gasteiger partial charge < -0.3 is 25.2 Å². The number of nitrogen functional groups attached to an aromatic ring is 1. The lowest BCUT2D eigenvalue weighted by Crippen LogP contribution is -2.40. The highest BCUT2D eigenvalue weighted by atomic mass is 32.2. The fraction of sp³-hybridized carbons (Fsp3) is 0.393. The summed E-state index contributed by atoms with van der Waals surface area (Å²) >= 11 is 0. The number of phenolic OH excluding ortho intramolecular Hbond substituents is 1. The molecule has 1 atom stereocenters. The van der Waals surface area contributed by atoms with Crippen molar-refractivity contribution in [2.75, 3.05) is 29.8 Å². The van der Waals surface area contributed by atoms with E-state index in [0.717, 1.165) is 31.5 Å². The van der Waals surface area contributed by atoms with Gasteiger partial charge in [0.15, 0.2) is 5.75 Å². The molecule has 214 valence electrons.